The first-order valence-corrected chi connectivity index (χ1v) is 8.96. The third-order valence-corrected chi connectivity index (χ3v) is 5.47. The zero-order valence-electron chi connectivity index (χ0n) is 11.8. The van der Waals surface area contributed by atoms with Gasteiger partial charge in [-0.1, -0.05) is 28.1 Å². The van der Waals surface area contributed by atoms with E-state index in [1.165, 1.54) is 16.5 Å². The second-order valence-corrected chi connectivity index (χ2v) is 7.13. The van der Waals surface area contributed by atoms with Gasteiger partial charge in [0.25, 0.3) is 0 Å². The van der Waals surface area contributed by atoms with Gasteiger partial charge in [0.2, 0.25) is 0 Å². The van der Waals surface area contributed by atoms with Crippen LogP contribution in [0.2, 0.25) is 0 Å². The molecule has 1 aliphatic rings. The van der Waals surface area contributed by atoms with Crippen LogP contribution in [0.5, 0.6) is 0 Å². The molecular formula is C17H14BrFN2S. The Morgan fingerprint density at radius 3 is 2.55 bits per heavy atom. The maximum absolute atomic E-state index is 13.9. The topological polar surface area (TPSA) is 27.0 Å². The SMILES string of the molecule is N#Cc1ccc(N2CC(Sc3ccc(CBr)cc3)C2)c(F)c1. The summed E-state index contributed by atoms with van der Waals surface area (Å²) in [6, 6.07) is 15.1. The van der Waals surface area contributed by atoms with E-state index in [4.69, 9.17) is 5.26 Å². The average molecular weight is 377 g/mol. The Balaban J connectivity index is 1.58. The monoisotopic (exact) mass is 376 g/mol. The first-order valence-electron chi connectivity index (χ1n) is 6.96. The first kappa shape index (κ1) is 15.4. The Morgan fingerprint density at radius 2 is 1.95 bits per heavy atom. The van der Waals surface area contributed by atoms with E-state index in [2.05, 4.69) is 40.2 Å². The molecule has 1 saturated heterocycles. The third kappa shape index (κ3) is 3.29. The number of thioether (sulfide) groups is 1. The number of benzene rings is 2. The number of hydrogen-bond donors (Lipinski definition) is 0. The van der Waals surface area contributed by atoms with Gasteiger partial charge in [0.05, 0.1) is 17.3 Å². The minimum absolute atomic E-state index is 0.316. The summed E-state index contributed by atoms with van der Waals surface area (Å²) in [6.07, 6.45) is 0. The van der Waals surface area contributed by atoms with Gasteiger partial charge < -0.3 is 4.90 Å². The van der Waals surface area contributed by atoms with Crippen molar-refractivity contribution in [3.63, 3.8) is 0 Å². The fourth-order valence-corrected chi connectivity index (χ4v) is 3.95. The smallest absolute Gasteiger partial charge is 0.147 e. The van der Waals surface area contributed by atoms with Gasteiger partial charge in [0, 0.05) is 28.6 Å². The molecule has 0 aliphatic carbocycles. The highest BCUT2D eigenvalue weighted by atomic mass is 79.9. The molecule has 5 heteroatoms. The van der Waals surface area contributed by atoms with E-state index in [-0.39, 0.29) is 5.82 Å². The lowest BCUT2D eigenvalue weighted by Gasteiger charge is -2.40. The van der Waals surface area contributed by atoms with E-state index in [1.54, 1.807) is 12.1 Å². The lowest BCUT2D eigenvalue weighted by Crippen LogP contribution is -2.49. The van der Waals surface area contributed by atoms with Crippen molar-refractivity contribution in [3.8, 4) is 6.07 Å². The van der Waals surface area contributed by atoms with Crippen molar-refractivity contribution in [1.29, 1.82) is 5.26 Å². The molecule has 0 spiro atoms. The number of halogens is 2. The predicted molar refractivity (Wildman–Crippen MR) is 92.0 cm³/mol. The van der Waals surface area contributed by atoms with Crippen LogP contribution in [0.3, 0.4) is 0 Å². The summed E-state index contributed by atoms with van der Waals surface area (Å²) < 4.78 is 13.9. The van der Waals surface area contributed by atoms with Gasteiger partial charge in [-0.05, 0) is 35.9 Å². The number of rotatable bonds is 4. The van der Waals surface area contributed by atoms with Crippen molar-refractivity contribution in [3.05, 3.63) is 59.4 Å². The van der Waals surface area contributed by atoms with E-state index in [0.717, 1.165) is 18.4 Å². The second-order valence-electron chi connectivity index (χ2n) is 5.20. The zero-order valence-corrected chi connectivity index (χ0v) is 14.2. The second kappa shape index (κ2) is 6.72. The number of nitrogens with zero attached hydrogens (tertiary/aromatic N) is 2. The minimum Gasteiger partial charge on any atom is -0.367 e. The van der Waals surface area contributed by atoms with Crippen molar-refractivity contribution in [2.24, 2.45) is 0 Å². The molecule has 0 bridgehead atoms. The van der Waals surface area contributed by atoms with Crippen LogP contribution in [-0.4, -0.2) is 18.3 Å². The summed E-state index contributed by atoms with van der Waals surface area (Å²) in [6.45, 7) is 1.65. The van der Waals surface area contributed by atoms with Crippen LogP contribution >= 0.6 is 27.7 Å². The number of alkyl halides is 1. The zero-order chi connectivity index (χ0) is 15.5. The maximum Gasteiger partial charge on any atom is 0.147 e. The van der Waals surface area contributed by atoms with E-state index >= 15 is 0 Å². The van der Waals surface area contributed by atoms with Crippen LogP contribution in [0.1, 0.15) is 11.1 Å². The normalized spacial score (nSPS) is 14.5. The minimum atomic E-state index is -0.316. The molecule has 22 heavy (non-hydrogen) atoms. The van der Waals surface area contributed by atoms with Gasteiger partial charge in [-0.2, -0.15) is 5.26 Å². The molecule has 0 amide bonds. The lowest BCUT2D eigenvalue weighted by atomic mass is 10.1. The van der Waals surface area contributed by atoms with Crippen LogP contribution in [-0.2, 0) is 5.33 Å². The molecule has 0 radical (unpaired) electrons. The van der Waals surface area contributed by atoms with Gasteiger partial charge >= 0.3 is 0 Å². The highest BCUT2D eigenvalue weighted by Crippen LogP contribution is 2.34. The molecule has 0 N–H and O–H groups in total. The standard InChI is InChI=1S/C17H14BrFN2S/c18-8-12-1-4-14(5-2-12)22-15-10-21(11-15)17-6-3-13(9-20)7-16(17)19/h1-7,15H,8,10-11H2. The Kier molecular flexibility index (Phi) is 4.70. The predicted octanol–water partition coefficient (Wildman–Crippen LogP) is 4.57. The Hall–Kier alpha value is -1.51. The van der Waals surface area contributed by atoms with E-state index in [1.807, 2.05) is 22.7 Å². The number of anilines is 1. The highest BCUT2D eigenvalue weighted by Gasteiger charge is 2.29. The van der Waals surface area contributed by atoms with Crippen LogP contribution in [0.15, 0.2) is 47.4 Å². The molecule has 0 saturated carbocycles. The molecule has 2 nitrogen and oxygen atoms in total. The molecule has 112 valence electrons. The van der Waals surface area contributed by atoms with Crippen molar-refractivity contribution in [1.82, 2.24) is 0 Å². The Labute approximate surface area is 142 Å². The van der Waals surface area contributed by atoms with Crippen LogP contribution in [0.4, 0.5) is 10.1 Å². The summed E-state index contributed by atoms with van der Waals surface area (Å²) in [5.74, 6) is -0.316. The van der Waals surface area contributed by atoms with Gasteiger partial charge in [0.15, 0.2) is 0 Å². The molecule has 2 aromatic rings. The molecular weight excluding hydrogens is 363 g/mol. The van der Waals surface area contributed by atoms with Gasteiger partial charge in [-0.3, -0.25) is 0 Å². The molecule has 0 aromatic heterocycles. The fraction of sp³-hybridized carbons (Fsp3) is 0.235. The Bertz CT molecular complexity index is 706. The van der Waals surface area contributed by atoms with E-state index < -0.39 is 0 Å². The summed E-state index contributed by atoms with van der Waals surface area (Å²) in [7, 11) is 0. The first-order chi connectivity index (χ1) is 10.7. The average Bonchev–Trinajstić information content (AvgIpc) is 2.51. The van der Waals surface area contributed by atoms with Crippen molar-refractivity contribution < 1.29 is 4.39 Å². The summed E-state index contributed by atoms with van der Waals surface area (Å²) in [4.78, 5) is 3.26. The molecule has 1 aliphatic heterocycles. The highest BCUT2D eigenvalue weighted by molar-refractivity contribution is 9.08. The lowest BCUT2D eigenvalue weighted by molar-refractivity contribution is 0.581. The number of hydrogen-bond acceptors (Lipinski definition) is 3. The molecule has 0 atom stereocenters. The molecule has 0 unspecified atom stereocenters. The van der Waals surface area contributed by atoms with Crippen molar-refractivity contribution in [2.75, 3.05) is 18.0 Å². The largest absolute Gasteiger partial charge is 0.367 e. The Morgan fingerprint density at radius 1 is 1.23 bits per heavy atom. The van der Waals surface area contributed by atoms with E-state index in [9.17, 15) is 4.39 Å². The molecule has 2 aromatic carbocycles. The molecule has 3 rings (SSSR count). The van der Waals surface area contributed by atoms with Gasteiger partial charge in [-0.15, -0.1) is 11.8 Å². The molecule has 1 heterocycles. The van der Waals surface area contributed by atoms with Crippen molar-refractivity contribution in [2.45, 2.75) is 15.5 Å². The maximum atomic E-state index is 13.9. The molecule has 1 fully saturated rings. The van der Waals surface area contributed by atoms with Crippen LogP contribution in [0.25, 0.3) is 0 Å². The van der Waals surface area contributed by atoms with Crippen LogP contribution < -0.4 is 4.90 Å². The van der Waals surface area contributed by atoms with Gasteiger partial charge in [-0.25, -0.2) is 4.39 Å². The van der Waals surface area contributed by atoms with E-state index in [0.29, 0.717) is 16.5 Å². The summed E-state index contributed by atoms with van der Waals surface area (Å²) >= 11 is 5.27. The van der Waals surface area contributed by atoms with Gasteiger partial charge in [0.1, 0.15) is 5.82 Å². The third-order valence-electron chi connectivity index (χ3n) is 3.65. The number of nitriles is 1. The summed E-state index contributed by atoms with van der Waals surface area (Å²) in [5.41, 5.74) is 2.21. The fourth-order valence-electron chi connectivity index (χ4n) is 2.39. The summed E-state index contributed by atoms with van der Waals surface area (Å²) in [5, 5.41) is 10.1. The van der Waals surface area contributed by atoms with Crippen LogP contribution in [0, 0.1) is 17.1 Å². The van der Waals surface area contributed by atoms with Crippen molar-refractivity contribution >= 4 is 33.4 Å². The quantitative estimate of drug-likeness (QED) is 0.731.